The molecule has 0 aliphatic carbocycles. The first-order chi connectivity index (χ1) is 15.1. The SMILES string of the molecule is CCc1cc[c-]c([Si](c2[c-]ccc(C)c2)(c2[c-]ccc(C)c2)c2[c-]ccc(CC)c2)c1.[Y].[Y]. The molecular formula is C30H28SiY2-4. The molecule has 3 heteroatoms. The van der Waals surface area contributed by atoms with Crippen LogP contribution >= 0.6 is 0 Å². The molecule has 33 heavy (non-hydrogen) atoms. The van der Waals surface area contributed by atoms with Crippen LogP contribution in [-0.2, 0) is 78.3 Å². The Bertz CT molecular complexity index is 1100. The standard InChI is InChI=1S/C30H28Si.2Y/c1-5-25-13-9-17-29(21-25)31(27-15-7-11-23(3)19-27,28-16-8-12-24(4)20-28)30-18-10-14-26(6-2)22-30;;/h7-14,19-22H,5-6H2,1-4H3;;/q-4;;. The minimum Gasteiger partial charge on any atom is -0.184 e. The minimum atomic E-state index is -2.68. The smallest absolute Gasteiger partial charge is 0.0811 e. The first-order valence-electron chi connectivity index (χ1n) is 11.1. The third kappa shape index (κ3) is 5.93. The second kappa shape index (κ2) is 12.8. The zero-order valence-electron chi connectivity index (χ0n) is 20.0. The molecule has 0 unspecified atom stereocenters. The van der Waals surface area contributed by atoms with E-state index in [1.165, 1.54) is 43.0 Å². The van der Waals surface area contributed by atoms with Crippen molar-refractivity contribution in [2.75, 3.05) is 0 Å². The second-order valence-corrected chi connectivity index (χ2v) is 11.9. The van der Waals surface area contributed by atoms with Gasteiger partial charge in [0.25, 0.3) is 0 Å². The maximum atomic E-state index is 3.66. The van der Waals surface area contributed by atoms with Crippen molar-refractivity contribution in [3.05, 3.63) is 119 Å². The Morgan fingerprint density at radius 3 is 1.21 bits per heavy atom. The van der Waals surface area contributed by atoms with E-state index in [4.69, 9.17) is 0 Å². The van der Waals surface area contributed by atoms with Gasteiger partial charge in [0, 0.05) is 65.4 Å². The molecule has 0 aliphatic rings. The second-order valence-electron chi connectivity index (χ2n) is 8.24. The number of benzene rings is 4. The molecule has 0 aliphatic heterocycles. The summed E-state index contributed by atoms with van der Waals surface area (Å²) in [4.78, 5) is 0. The molecule has 0 atom stereocenters. The number of rotatable bonds is 6. The normalized spacial score (nSPS) is 10.8. The molecule has 0 amide bonds. The van der Waals surface area contributed by atoms with Crippen molar-refractivity contribution in [3.8, 4) is 0 Å². The Morgan fingerprint density at radius 1 is 0.545 bits per heavy atom. The fraction of sp³-hybridized carbons (Fsp3) is 0.200. The Labute approximate surface area is 251 Å². The molecule has 0 saturated carbocycles. The van der Waals surface area contributed by atoms with E-state index in [1.54, 1.807) is 0 Å². The molecule has 4 aromatic carbocycles. The minimum absolute atomic E-state index is 0. The number of hydrogen-bond acceptors (Lipinski definition) is 0. The van der Waals surface area contributed by atoms with E-state index in [0.29, 0.717) is 0 Å². The summed E-state index contributed by atoms with van der Waals surface area (Å²) < 4.78 is 0. The summed E-state index contributed by atoms with van der Waals surface area (Å²) in [5, 5.41) is 4.98. The van der Waals surface area contributed by atoms with Gasteiger partial charge in [-0.2, -0.15) is 140 Å². The van der Waals surface area contributed by atoms with Gasteiger partial charge in [-0.05, 0) is 0 Å². The predicted molar refractivity (Wildman–Crippen MR) is 134 cm³/mol. The topological polar surface area (TPSA) is 0 Å². The zero-order chi connectivity index (χ0) is 21.8. The quantitative estimate of drug-likeness (QED) is 0.180. The molecule has 0 fully saturated rings. The molecule has 4 aromatic rings. The van der Waals surface area contributed by atoms with Crippen molar-refractivity contribution >= 4 is 28.8 Å². The Morgan fingerprint density at radius 2 is 0.879 bits per heavy atom. The average molecular weight is 594 g/mol. The van der Waals surface area contributed by atoms with Gasteiger partial charge in [-0.15, -0.1) is 0 Å². The van der Waals surface area contributed by atoms with Crippen molar-refractivity contribution < 1.29 is 65.4 Å². The van der Waals surface area contributed by atoms with Gasteiger partial charge in [0.1, 0.15) is 0 Å². The molecule has 162 valence electrons. The van der Waals surface area contributed by atoms with E-state index in [0.717, 1.165) is 12.8 Å². The van der Waals surface area contributed by atoms with Crippen LogP contribution in [0, 0.1) is 38.1 Å². The summed E-state index contributed by atoms with van der Waals surface area (Å²) in [7, 11) is -2.68. The van der Waals surface area contributed by atoms with E-state index in [9.17, 15) is 0 Å². The first-order valence-corrected chi connectivity index (χ1v) is 13.1. The van der Waals surface area contributed by atoms with Crippen LogP contribution in [0.1, 0.15) is 36.1 Å². The Balaban J connectivity index is 0.00000193. The molecule has 0 heterocycles. The Kier molecular flexibility index (Phi) is 11.1. The van der Waals surface area contributed by atoms with Crippen LogP contribution in [-0.4, -0.2) is 8.07 Å². The summed E-state index contributed by atoms with van der Waals surface area (Å²) in [6.45, 7) is 8.75. The Hall–Kier alpha value is -0.695. The van der Waals surface area contributed by atoms with Crippen molar-refractivity contribution in [1.29, 1.82) is 0 Å². The summed E-state index contributed by atoms with van der Waals surface area (Å²) in [6, 6.07) is 40.8. The van der Waals surface area contributed by atoms with Crippen molar-refractivity contribution in [2.24, 2.45) is 0 Å². The third-order valence-electron chi connectivity index (χ3n) is 6.08. The fourth-order valence-electron chi connectivity index (χ4n) is 4.36. The van der Waals surface area contributed by atoms with Gasteiger partial charge in [0.05, 0.1) is 8.07 Å². The molecule has 0 N–H and O–H groups in total. The monoisotopic (exact) mass is 594 g/mol. The van der Waals surface area contributed by atoms with Crippen LogP contribution in [0.4, 0.5) is 0 Å². The molecular weight excluding hydrogens is 566 g/mol. The van der Waals surface area contributed by atoms with Crippen LogP contribution in [0.15, 0.2) is 72.8 Å². The van der Waals surface area contributed by atoms with E-state index < -0.39 is 8.07 Å². The first kappa shape index (κ1) is 28.5. The van der Waals surface area contributed by atoms with Gasteiger partial charge in [-0.25, -0.2) is 0 Å². The number of aryl methyl sites for hydroxylation is 4. The average Bonchev–Trinajstić information content (AvgIpc) is 2.80. The molecule has 0 nitrogen and oxygen atoms in total. The van der Waals surface area contributed by atoms with Gasteiger partial charge < -0.3 is 0 Å². The maximum Gasteiger partial charge on any atom is 0.0811 e. The summed E-state index contributed by atoms with van der Waals surface area (Å²) >= 11 is 0. The molecule has 4 rings (SSSR count). The van der Waals surface area contributed by atoms with Crippen molar-refractivity contribution in [3.63, 3.8) is 0 Å². The van der Waals surface area contributed by atoms with Crippen LogP contribution in [0.3, 0.4) is 0 Å². The fourth-order valence-corrected chi connectivity index (χ4v) is 9.00. The predicted octanol–water partition coefficient (Wildman–Crippen LogP) is 4.00. The van der Waals surface area contributed by atoms with Crippen LogP contribution < -0.4 is 20.7 Å². The molecule has 0 bridgehead atoms. The van der Waals surface area contributed by atoms with Crippen LogP contribution in [0.5, 0.6) is 0 Å². The van der Waals surface area contributed by atoms with E-state index >= 15 is 0 Å². The van der Waals surface area contributed by atoms with Crippen molar-refractivity contribution in [1.82, 2.24) is 0 Å². The number of hydrogen-bond donors (Lipinski definition) is 0. The zero-order valence-corrected chi connectivity index (χ0v) is 26.7. The summed E-state index contributed by atoms with van der Waals surface area (Å²) in [5.41, 5.74) is 5.16. The van der Waals surface area contributed by atoms with Crippen molar-refractivity contribution in [2.45, 2.75) is 40.5 Å². The summed E-state index contributed by atoms with van der Waals surface area (Å²) in [6.07, 6.45) is 2.00. The van der Waals surface area contributed by atoms with Crippen LogP contribution in [0.2, 0.25) is 0 Å². The van der Waals surface area contributed by atoms with Gasteiger partial charge in [0.2, 0.25) is 0 Å². The van der Waals surface area contributed by atoms with E-state index in [-0.39, 0.29) is 65.4 Å². The van der Waals surface area contributed by atoms with Gasteiger partial charge in [-0.1, -0.05) is 40.5 Å². The molecule has 0 aromatic heterocycles. The molecule has 2 radical (unpaired) electrons. The van der Waals surface area contributed by atoms with Gasteiger partial charge in [-0.3, -0.25) is 0 Å². The largest absolute Gasteiger partial charge is 0.184 e. The third-order valence-corrected chi connectivity index (χ3v) is 10.5. The molecule has 0 saturated heterocycles. The van der Waals surface area contributed by atoms with Crippen LogP contribution in [0.25, 0.3) is 0 Å². The maximum absolute atomic E-state index is 3.66. The molecule has 0 spiro atoms. The van der Waals surface area contributed by atoms with E-state index in [2.05, 4.69) is 125 Å². The summed E-state index contributed by atoms with van der Waals surface area (Å²) in [5.74, 6) is 0. The van der Waals surface area contributed by atoms with Gasteiger partial charge in [0.15, 0.2) is 0 Å². The van der Waals surface area contributed by atoms with Gasteiger partial charge >= 0.3 is 0 Å². The van der Waals surface area contributed by atoms with E-state index in [1.807, 2.05) is 0 Å².